The van der Waals surface area contributed by atoms with E-state index in [0.29, 0.717) is 23.8 Å². The van der Waals surface area contributed by atoms with Gasteiger partial charge >= 0.3 is 0 Å². The van der Waals surface area contributed by atoms with Gasteiger partial charge in [0.2, 0.25) is 0 Å². The van der Waals surface area contributed by atoms with Gasteiger partial charge in [0.15, 0.2) is 11.6 Å². The molecule has 1 atom stereocenters. The summed E-state index contributed by atoms with van der Waals surface area (Å²) in [5.74, 6) is 0.232. The highest BCUT2D eigenvalue weighted by Gasteiger charge is 2.23. The number of ketones is 1. The van der Waals surface area contributed by atoms with Gasteiger partial charge in [-0.25, -0.2) is 9.07 Å². The molecule has 3 aliphatic rings. The van der Waals surface area contributed by atoms with Gasteiger partial charge in [0.1, 0.15) is 17.3 Å². The molecule has 1 unspecified atom stereocenters. The van der Waals surface area contributed by atoms with E-state index in [1.807, 2.05) is 30.6 Å². The Labute approximate surface area is 209 Å². The number of methoxy groups -OCH3 is 1. The quantitative estimate of drug-likeness (QED) is 0.617. The van der Waals surface area contributed by atoms with Gasteiger partial charge in [-0.15, -0.1) is 0 Å². The van der Waals surface area contributed by atoms with Gasteiger partial charge in [-0.1, -0.05) is 6.08 Å². The van der Waals surface area contributed by atoms with E-state index in [-0.39, 0.29) is 18.2 Å². The van der Waals surface area contributed by atoms with Crippen LogP contribution in [0.1, 0.15) is 30.9 Å². The van der Waals surface area contributed by atoms with Crippen molar-refractivity contribution in [3.05, 3.63) is 59.8 Å². The molecular formula is C26H30FN7O2. The van der Waals surface area contributed by atoms with E-state index in [2.05, 4.69) is 20.7 Å². The van der Waals surface area contributed by atoms with Crippen molar-refractivity contribution >= 4 is 24.0 Å². The van der Waals surface area contributed by atoms with Crippen LogP contribution in [0, 0.1) is 11.7 Å². The first-order valence-electron chi connectivity index (χ1n) is 12.2. The monoisotopic (exact) mass is 491 g/mol. The highest BCUT2D eigenvalue weighted by Crippen LogP contribution is 2.30. The normalized spacial score (nSPS) is 20.8. The first-order chi connectivity index (χ1) is 17.6. The molecule has 0 saturated carbocycles. The van der Waals surface area contributed by atoms with Crippen LogP contribution in [-0.4, -0.2) is 66.3 Å². The molecule has 0 radical (unpaired) electrons. The lowest BCUT2D eigenvalue weighted by Gasteiger charge is -2.20. The number of Topliss-reactive ketones (excluding diaryl/α,β-unsaturated/α-hetero) is 1. The maximum atomic E-state index is 15.0. The van der Waals surface area contributed by atoms with Crippen molar-refractivity contribution in [2.24, 2.45) is 16.0 Å². The SMILES string of the molecule is COc1ccc(-n2nc(C3CCNCC3)cc2NCC(=O)C2C=NN3/C=C\CC=NC(=C2)C3)c(F)c1. The fourth-order valence-electron chi connectivity index (χ4n) is 4.54. The van der Waals surface area contributed by atoms with Crippen molar-refractivity contribution < 1.29 is 13.9 Å². The van der Waals surface area contributed by atoms with Crippen LogP contribution >= 0.6 is 0 Å². The third kappa shape index (κ3) is 5.38. The van der Waals surface area contributed by atoms with Crippen LogP contribution in [0.5, 0.6) is 5.75 Å². The Morgan fingerprint density at radius 3 is 2.94 bits per heavy atom. The molecule has 0 amide bonds. The van der Waals surface area contributed by atoms with E-state index in [1.165, 1.54) is 13.2 Å². The zero-order valence-corrected chi connectivity index (χ0v) is 20.2. The Kier molecular flexibility index (Phi) is 7.22. The molecule has 5 rings (SSSR count). The zero-order chi connectivity index (χ0) is 24.9. The van der Waals surface area contributed by atoms with Crippen LogP contribution in [0.4, 0.5) is 10.2 Å². The molecule has 188 valence electrons. The van der Waals surface area contributed by atoms with E-state index in [4.69, 9.17) is 9.84 Å². The number of hydrogen-bond donors (Lipinski definition) is 2. The third-order valence-corrected chi connectivity index (χ3v) is 6.53. The predicted molar refractivity (Wildman–Crippen MR) is 137 cm³/mol. The molecule has 1 saturated heterocycles. The minimum absolute atomic E-state index is 0.0369. The van der Waals surface area contributed by atoms with Gasteiger partial charge in [0.25, 0.3) is 0 Å². The molecule has 2 N–H and O–H groups in total. The van der Waals surface area contributed by atoms with Crippen molar-refractivity contribution in [2.75, 3.05) is 38.6 Å². The van der Waals surface area contributed by atoms with Crippen molar-refractivity contribution in [2.45, 2.75) is 25.2 Å². The van der Waals surface area contributed by atoms with Gasteiger partial charge in [-0.2, -0.15) is 10.2 Å². The fourth-order valence-corrected chi connectivity index (χ4v) is 4.54. The molecule has 10 heteroatoms. The number of piperidine rings is 1. The summed E-state index contributed by atoms with van der Waals surface area (Å²) in [7, 11) is 1.50. The largest absolute Gasteiger partial charge is 0.497 e. The summed E-state index contributed by atoms with van der Waals surface area (Å²) in [6.07, 6.45) is 11.8. The molecule has 2 aromatic rings. The smallest absolute Gasteiger partial charge is 0.164 e. The van der Waals surface area contributed by atoms with Crippen LogP contribution in [0.25, 0.3) is 5.69 Å². The van der Waals surface area contributed by atoms with E-state index in [0.717, 1.165) is 43.7 Å². The second-order valence-electron chi connectivity index (χ2n) is 9.01. The Balaban J connectivity index is 1.39. The summed E-state index contributed by atoms with van der Waals surface area (Å²) in [6.45, 7) is 2.39. The van der Waals surface area contributed by atoms with Crippen LogP contribution < -0.4 is 15.4 Å². The zero-order valence-electron chi connectivity index (χ0n) is 20.2. The molecule has 9 nitrogen and oxygen atoms in total. The number of anilines is 1. The second kappa shape index (κ2) is 10.9. The number of nitrogens with one attached hydrogen (secondary N) is 2. The minimum Gasteiger partial charge on any atom is -0.497 e. The number of rotatable bonds is 7. The van der Waals surface area contributed by atoms with Crippen LogP contribution in [-0.2, 0) is 4.79 Å². The Morgan fingerprint density at radius 1 is 1.28 bits per heavy atom. The summed E-state index contributed by atoms with van der Waals surface area (Å²) < 4.78 is 21.7. The van der Waals surface area contributed by atoms with Gasteiger partial charge in [-0.05, 0) is 44.1 Å². The average Bonchev–Trinajstić information content (AvgIpc) is 3.17. The molecule has 1 aromatic carbocycles. The number of carbonyl (C=O) groups excluding carboxylic acids is 1. The molecule has 1 fully saturated rings. The number of hydrazone groups is 1. The highest BCUT2D eigenvalue weighted by molar-refractivity contribution is 5.99. The average molecular weight is 492 g/mol. The molecular weight excluding hydrogens is 461 g/mol. The summed E-state index contributed by atoms with van der Waals surface area (Å²) in [6, 6.07) is 6.59. The van der Waals surface area contributed by atoms with E-state index < -0.39 is 11.7 Å². The number of nitrogens with zero attached hydrogens (tertiary/aromatic N) is 5. The number of aliphatic imine (C=N–C) groups is 1. The minimum atomic E-state index is -0.515. The lowest BCUT2D eigenvalue weighted by Crippen LogP contribution is -2.26. The van der Waals surface area contributed by atoms with E-state index in [1.54, 1.807) is 28.0 Å². The van der Waals surface area contributed by atoms with Crippen LogP contribution in [0.15, 0.2) is 58.4 Å². The Bertz CT molecular complexity index is 1230. The van der Waals surface area contributed by atoms with Crippen molar-refractivity contribution in [3.63, 3.8) is 0 Å². The highest BCUT2D eigenvalue weighted by atomic mass is 19.1. The molecule has 4 heterocycles. The topological polar surface area (TPSA) is 96.1 Å². The third-order valence-electron chi connectivity index (χ3n) is 6.53. The number of carbonyl (C=O) groups is 1. The number of benzene rings is 1. The van der Waals surface area contributed by atoms with Gasteiger partial charge in [0.05, 0.1) is 37.5 Å². The summed E-state index contributed by atoms with van der Waals surface area (Å²) in [5.41, 5.74) is 1.98. The number of ether oxygens (including phenoxy) is 1. The van der Waals surface area contributed by atoms with Gasteiger partial charge in [-0.3, -0.25) is 14.8 Å². The Morgan fingerprint density at radius 2 is 2.14 bits per heavy atom. The van der Waals surface area contributed by atoms with Crippen LogP contribution in [0.3, 0.4) is 0 Å². The number of aromatic nitrogens is 2. The van der Waals surface area contributed by atoms with E-state index >= 15 is 0 Å². The fraction of sp³-hybridized carbons (Fsp3) is 0.385. The van der Waals surface area contributed by atoms with Gasteiger partial charge < -0.3 is 15.4 Å². The van der Waals surface area contributed by atoms with Crippen molar-refractivity contribution in [1.29, 1.82) is 0 Å². The lowest BCUT2D eigenvalue weighted by atomic mass is 9.95. The molecule has 0 aliphatic carbocycles. The Hall–Kier alpha value is -3.79. The van der Waals surface area contributed by atoms with Crippen molar-refractivity contribution in [1.82, 2.24) is 20.1 Å². The first kappa shape index (κ1) is 23.9. The first-order valence-corrected chi connectivity index (χ1v) is 12.2. The molecule has 1 aromatic heterocycles. The van der Waals surface area contributed by atoms with E-state index in [9.17, 15) is 9.18 Å². The summed E-state index contributed by atoms with van der Waals surface area (Å²) >= 11 is 0. The number of halogens is 1. The number of hydrogen-bond acceptors (Lipinski definition) is 8. The number of allylic oxidation sites excluding steroid dienone is 2. The summed E-state index contributed by atoms with van der Waals surface area (Å²) in [5, 5.41) is 17.5. The summed E-state index contributed by atoms with van der Waals surface area (Å²) in [4.78, 5) is 17.6. The molecule has 3 aliphatic heterocycles. The molecule has 2 bridgehead atoms. The second-order valence-corrected chi connectivity index (χ2v) is 9.01. The maximum Gasteiger partial charge on any atom is 0.164 e. The molecule has 36 heavy (non-hydrogen) atoms. The molecule has 0 spiro atoms. The maximum absolute atomic E-state index is 15.0. The van der Waals surface area contributed by atoms with Crippen LogP contribution in [0.2, 0.25) is 0 Å². The standard InChI is InChI=1S/C26H30FN7O2/c1-36-21-4-5-24(22(27)13-21)34-26(14-23(32-34)18-6-9-28-10-7-18)30-16-25(35)19-12-20-17-33(31-15-19)11-3-2-8-29-20/h3-5,8,11-15,18-19,28,30H,2,6-7,9-10,16-17H2,1H3/b11-3-,29-8?. The lowest BCUT2D eigenvalue weighted by molar-refractivity contribution is -0.118. The predicted octanol–water partition coefficient (Wildman–Crippen LogP) is 3.26. The van der Waals surface area contributed by atoms with Gasteiger partial charge in [0, 0.05) is 43.1 Å². The number of fused-ring (bicyclic) bond motifs is 2. The van der Waals surface area contributed by atoms with Crippen molar-refractivity contribution in [3.8, 4) is 11.4 Å².